The lowest BCUT2D eigenvalue weighted by atomic mass is 10.1. The molecule has 4 heteroatoms. The first-order valence-electron chi connectivity index (χ1n) is 7.72. The number of rotatable bonds is 3. The Morgan fingerprint density at radius 2 is 1.61 bits per heavy atom. The Hall–Kier alpha value is -2.17. The topological polar surface area (TPSA) is 46.2 Å². The molecule has 1 unspecified atom stereocenters. The molecule has 0 spiro atoms. The van der Waals surface area contributed by atoms with Gasteiger partial charge in [-0.3, -0.25) is 0 Å². The molecule has 0 heterocycles. The monoisotopic (exact) mass is 323 g/mol. The molecule has 0 aliphatic heterocycles. The minimum Gasteiger partial charge on any atom is -0.207 e. The van der Waals surface area contributed by atoms with Crippen LogP contribution in [0.2, 0.25) is 0 Å². The van der Waals surface area contributed by atoms with Gasteiger partial charge in [-0.25, -0.2) is 13.1 Å². The van der Waals surface area contributed by atoms with Crippen LogP contribution in [0.15, 0.2) is 71.6 Å². The zero-order valence-corrected chi connectivity index (χ0v) is 13.4. The van der Waals surface area contributed by atoms with Crippen molar-refractivity contribution in [2.45, 2.75) is 23.8 Å². The minimum absolute atomic E-state index is 0.136. The lowest BCUT2D eigenvalue weighted by Gasteiger charge is -2.15. The summed E-state index contributed by atoms with van der Waals surface area (Å²) in [6.45, 7) is 0. The Morgan fingerprint density at radius 1 is 0.870 bits per heavy atom. The molecular weight excluding hydrogens is 306 g/mol. The Balaban J connectivity index is 1.67. The Morgan fingerprint density at radius 3 is 2.48 bits per heavy atom. The van der Waals surface area contributed by atoms with Gasteiger partial charge < -0.3 is 0 Å². The third-order valence-corrected chi connectivity index (χ3v) is 5.93. The van der Waals surface area contributed by atoms with Crippen molar-refractivity contribution in [3.05, 3.63) is 77.9 Å². The first-order chi connectivity index (χ1) is 11.1. The van der Waals surface area contributed by atoms with E-state index in [0.29, 0.717) is 4.90 Å². The molecule has 0 saturated heterocycles. The molecule has 1 aliphatic carbocycles. The fraction of sp³-hybridized carbons (Fsp3) is 0.158. The molecule has 116 valence electrons. The van der Waals surface area contributed by atoms with Gasteiger partial charge in [0, 0.05) is 6.04 Å². The molecule has 3 aromatic rings. The normalized spacial score (nSPS) is 17.3. The summed E-state index contributed by atoms with van der Waals surface area (Å²) in [6.07, 6.45) is 1.73. The molecule has 1 N–H and O–H groups in total. The summed E-state index contributed by atoms with van der Waals surface area (Å²) in [4.78, 5) is 0.320. The second-order valence-electron chi connectivity index (χ2n) is 5.92. The van der Waals surface area contributed by atoms with E-state index < -0.39 is 10.0 Å². The molecule has 23 heavy (non-hydrogen) atoms. The van der Waals surface area contributed by atoms with Crippen LogP contribution in [0.5, 0.6) is 0 Å². The van der Waals surface area contributed by atoms with E-state index in [9.17, 15) is 8.42 Å². The third-order valence-electron chi connectivity index (χ3n) is 4.46. The van der Waals surface area contributed by atoms with Crippen LogP contribution in [0, 0.1) is 0 Å². The van der Waals surface area contributed by atoms with Gasteiger partial charge in [-0.2, -0.15) is 0 Å². The highest BCUT2D eigenvalue weighted by molar-refractivity contribution is 7.89. The molecule has 1 atom stereocenters. The van der Waals surface area contributed by atoms with Gasteiger partial charge in [0.25, 0.3) is 0 Å². The van der Waals surface area contributed by atoms with Crippen molar-refractivity contribution < 1.29 is 8.42 Å². The van der Waals surface area contributed by atoms with Crippen molar-refractivity contribution in [1.82, 2.24) is 4.72 Å². The summed E-state index contributed by atoms with van der Waals surface area (Å²) in [7, 11) is -3.53. The van der Waals surface area contributed by atoms with Crippen molar-refractivity contribution in [3.8, 4) is 0 Å². The molecule has 0 bridgehead atoms. The van der Waals surface area contributed by atoms with E-state index in [-0.39, 0.29) is 6.04 Å². The van der Waals surface area contributed by atoms with E-state index in [1.54, 1.807) is 12.1 Å². The summed E-state index contributed by atoms with van der Waals surface area (Å²) >= 11 is 0. The molecule has 0 amide bonds. The number of hydrogen-bond acceptors (Lipinski definition) is 2. The third kappa shape index (κ3) is 2.64. The number of aryl methyl sites for hydroxylation is 1. The second-order valence-corrected chi connectivity index (χ2v) is 7.63. The highest BCUT2D eigenvalue weighted by Gasteiger charge is 2.27. The van der Waals surface area contributed by atoms with Crippen LogP contribution < -0.4 is 4.72 Å². The fourth-order valence-corrected chi connectivity index (χ4v) is 4.55. The molecule has 3 nitrogen and oxygen atoms in total. The predicted molar refractivity (Wildman–Crippen MR) is 91.8 cm³/mol. The average molecular weight is 323 g/mol. The smallest absolute Gasteiger partial charge is 0.207 e. The van der Waals surface area contributed by atoms with E-state index in [4.69, 9.17) is 0 Å². The summed E-state index contributed by atoms with van der Waals surface area (Å²) in [5, 5.41) is 1.97. The van der Waals surface area contributed by atoms with Crippen molar-refractivity contribution in [2.75, 3.05) is 0 Å². The van der Waals surface area contributed by atoms with Gasteiger partial charge in [-0.1, -0.05) is 54.6 Å². The van der Waals surface area contributed by atoms with E-state index >= 15 is 0 Å². The average Bonchev–Trinajstić information content (AvgIpc) is 2.97. The molecule has 1 aliphatic rings. The largest absolute Gasteiger partial charge is 0.241 e. The predicted octanol–water partition coefficient (Wildman–Crippen LogP) is 3.81. The van der Waals surface area contributed by atoms with E-state index in [2.05, 4.69) is 10.8 Å². The van der Waals surface area contributed by atoms with E-state index in [0.717, 1.165) is 29.2 Å². The van der Waals surface area contributed by atoms with Gasteiger partial charge in [0.2, 0.25) is 10.0 Å². The van der Waals surface area contributed by atoms with Gasteiger partial charge in [0.1, 0.15) is 0 Å². The lowest BCUT2D eigenvalue weighted by Crippen LogP contribution is -2.27. The van der Waals surface area contributed by atoms with Gasteiger partial charge in [0.05, 0.1) is 4.90 Å². The van der Waals surface area contributed by atoms with Gasteiger partial charge in [-0.05, 0) is 46.9 Å². The standard InChI is InChI=1S/C19H17NO2S/c21-23(22,17-11-9-14-5-1-2-7-16(14)13-17)20-19-12-10-15-6-3-4-8-18(15)19/h1-9,11,13,19-20H,10,12H2. The number of hydrogen-bond donors (Lipinski definition) is 1. The van der Waals surface area contributed by atoms with Crippen LogP contribution in [-0.4, -0.2) is 8.42 Å². The highest BCUT2D eigenvalue weighted by atomic mass is 32.2. The molecule has 0 aromatic heterocycles. The first kappa shape index (κ1) is 14.4. The summed E-state index contributed by atoms with van der Waals surface area (Å²) in [5.41, 5.74) is 2.33. The zero-order valence-electron chi connectivity index (χ0n) is 12.6. The highest BCUT2D eigenvalue weighted by Crippen LogP contribution is 2.32. The van der Waals surface area contributed by atoms with Crippen molar-refractivity contribution >= 4 is 20.8 Å². The van der Waals surface area contributed by atoms with Crippen LogP contribution in [0.25, 0.3) is 10.8 Å². The van der Waals surface area contributed by atoms with E-state index in [1.165, 1.54) is 5.56 Å². The van der Waals surface area contributed by atoms with Crippen molar-refractivity contribution in [1.29, 1.82) is 0 Å². The fourth-order valence-electron chi connectivity index (χ4n) is 3.27. The molecule has 3 aromatic carbocycles. The van der Waals surface area contributed by atoms with Gasteiger partial charge in [-0.15, -0.1) is 0 Å². The first-order valence-corrected chi connectivity index (χ1v) is 9.21. The maximum atomic E-state index is 12.7. The van der Waals surface area contributed by atoms with E-state index in [1.807, 2.05) is 48.5 Å². The Kier molecular flexibility index (Phi) is 3.43. The number of fused-ring (bicyclic) bond motifs is 2. The van der Waals surface area contributed by atoms with Crippen LogP contribution in [0.4, 0.5) is 0 Å². The molecule has 0 radical (unpaired) electrons. The molecule has 0 fully saturated rings. The summed E-state index contributed by atoms with van der Waals surface area (Å²) < 4.78 is 28.3. The van der Waals surface area contributed by atoms with Crippen LogP contribution >= 0.6 is 0 Å². The van der Waals surface area contributed by atoms with Crippen molar-refractivity contribution in [3.63, 3.8) is 0 Å². The van der Waals surface area contributed by atoms with Crippen LogP contribution in [0.1, 0.15) is 23.6 Å². The summed E-state index contributed by atoms with van der Waals surface area (Å²) in [6, 6.07) is 20.9. The Bertz CT molecular complexity index is 979. The van der Waals surface area contributed by atoms with Gasteiger partial charge in [0.15, 0.2) is 0 Å². The maximum Gasteiger partial charge on any atom is 0.241 e. The summed E-state index contributed by atoms with van der Waals surface area (Å²) in [5.74, 6) is 0. The molecule has 4 rings (SSSR count). The molecular formula is C19H17NO2S. The zero-order chi connectivity index (χ0) is 15.9. The maximum absolute atomic E-state index is 12.7. The Labute approximate surface area is 136 Å². The van der Waals surface area contributed by atoms with Gasteiger partial charge >= 0.3 is 0 Å². The molecule has 0 saturated carbocycles. The quantitative estimate of drug-likeness (QED) is 0.797. The number of sulfonamides is 1. The number of nitrogens with one attached hydrogen (secondary N) is 1. The van der Waals surface area contributed by atoms with Crippen molar-refractivity contribution in [2.24, 2.45) is 0 Å². The van der Waals surface area contributed by atoms with Crippen LogP contribution in [-0.2, 0) is 16.4 Å². The SMILES string of the molecule is O=S(=O)(NC1CCc2ccccc21)c1ccc2ccccc2c1. The number of benzene rings is 3. The van der Waals surface area contributed by atoms with Crippen LogP contribution in [0.3, 0.4) is 0 Å². The second kappa shape index (κ2) is 5.48. The lowest BCUT2D eigenvalue weighted by molar-refractivity contribution is 0.554. The minimum atomic E-state index is -3.53.